The lowest BCUT2D eigenvalue weighted by Crippen LogP contribution is -2.48. The maximum atomic E-state index is 12.7. The van der Waals surface area contributed by atoms with Gasteiger partial charge in [-0.15, -0.1) is 5.10 Å². The van der Waals surface area contributed by atoms with Crippen LogP contribution in [0.3, 0.4) is 0 Å². The van der Waals surface area contributed by atoms with Crippen LogP contribution in [0, 0.1) is 6.92 Å². The van der Waals surface area contributed by atoms with Gasteiger partial charge in [-0.3, -0.25) is 9.69 Å². The predicted molar refractivity (Wildman–Crippen MR) is 103 cm³/mol. The van der Waals surface area contributed by atoms with Crippen molar-refractivity contribution in [2.45, 2.75) is 6.92 Å². The van der Waals surface area contributed by atoms with E-state index in [0.29, 0.717) is 18.9 Å². The van der Waals surface area contributed by atoms with Crippen LogP contribution in [0.4, 0.5) is 0 Å². The molecule has 3 aromatic rings. The van der Waals surface area contributed by atoms with Crippen molar-refractivity contribution in [2.24, 2.45) is 0 Å². The fourth-order valence-electron chi connectivity index (χ4n) is 3.17. The van der Waals surface area contributed by atoms with Crippen molar-refractivity contribution in [1.29, 1.82) is 0 Å². The number of aryl methyl sites for hydroxylation is 1. The van der Waals surface area contributed by atoms with Gasteiger partial charge < -0.3 is 4.90 Å². The minimum Gasteiger partial charge on any atom is -0.333 e. The second-order valence-corrected chi connectivity index (χ2v) is 6.64. The summed E-state index contributed by atoms with van der Waals surface area (Å²) in [6.45, 7) is 5.84. The first kappa shape index (κ1) is 17.4. The highest BCUT2D eigenvalue weighted by molar-refractivity contribution is 5.91. The fourth-order valence-corrected chi connectivity index (χ4v) is 3.17. The summed E-state index contributed by atoms with van der Waals surface area (Å²) in [6, 6.07) is 12.1. The molecular formula is C20H22N6O. The number of carbonyl (C=O) groups is 1. The largest absolute Gasteiger partial charge is 0.333 e. The number of amides is 1. The molecule has 4 rings (SSSR count). The van der Waals surface area contributed by atoms with Gasteiger partial charge in [0.2, 0.25) is 5.82 Å². The average Bonchev–Trinajstić information content (AvgIpc) is 3.15. The number of benzene rings is 1. The summed E-state index contributed by atoms with van der Waals surface area (Å²) in [7, 11) is 0. The Kier molecular flexibility index (Phi) is 4.93. The summed E-state index contributed by atoms with van der Waals surface area (Å²) in [5, 5.41) is 4.32. The maximum Gasteiger partial charge on any atom is 0.293 e. The topological polar surface area (TPSA) is 66.6 Å². The smallest absolute Gasteiger partial charge is 0.293 e. The molecule has 7 nitrogen and oxygen atoms in total. The molecule has 3 heterocycles. The third kappa shape index (κ3) is 3.88. The molecular weight excluding hydrogens is 340 g/mol. The van der Waals surface area contributed by atoms with Crippen molar-refractivity contribution < 1.29 is 4.79 Å². The Balaban J connectivity index is 1.33. The molecule has 1 aromatic carbocycles. The Labute approximate surface area is 158 Å². The first-order chi connectivity index (χ1) is 13.2. The number of rotatable bonds is 4. The maximum absolute atomic E-state index is 12.7. The molecule has 0 radical (unpaired) electrons. The zero-order chi connectivity index (χ0) is 18.6. The number of fused-ring (bicyclic) bond motifs is 1. The molecule has 1 saturated heterocycles. The highest BCUT2D eigenvalue weighted by Gasteiger charge is 2.25. The average molecular weight is 362 g/mol. The standard InChI is InChI=1S/C20H22N6O/c1-16-9-10-21-20-22-18(23-26(16)20)19(27)25-14-12-24(13-15-25)11-5-8-17-6-3-2-4-7-17/h2-10H,11-15H2,1H3/b8-5+. The van der Waals surface area contributed by atoms with Crippen LogP contribution in [0.1, 0.15) is 21.9 Å². The Morgan fingerprint density at radius 1 is 1.11 bits per heavy atom. The minimum absolute atomic E-state index is 0.126. The summed E-state index contributed by atoms with van der Waals surface area (Å²) < 4.78 is 1.61. The van der Waals surface area contributed by atoms with Crippen LogP contribution in [0.25, 0.3) is 11.9 Å². The van der Waals surface area contributed by atoms with E-state index in [1.54, 1.807) is 10.7 Å². The zero-order valence-electron chi connectivity index (χ0n) is 15.3. The summed E-state index contributed by atoms with van der Waals surface area (Å²) in [5.74, 6) is 0.552. The molecule has 0 saturated carbocycles. The molecule has 7 heteroatoms. The second-order valence-electron chi connectivity index (χ2n) is 6.64. The lowest BCUT2D eigenvalue weighted by atomic mass is 10.2. The van der Waals surface area contributed by atoms with Gasteiger partial charge in [0.25, 0.3) is 11.7 Å². The second kappa shape index (κ2) is 7.67. The van der Waals surface area contributed by atoms with Gasteiger partial charge in [0, 0.05) is 44.6 Å². The lowest BCUT2D eigenvalue weighted by molar-refractivity contribution is 0.0638. The highest BCUT2D eigenvalue weighted by atomic mass is 16.2. The fraction of sp³-hybridized carbons (Fsp3) is 0.300. The molecule has 138 valence electrons. The molecule has 0 unspecified atom stereocenters. The Hall–Kier alpha value is -3.06. The zero-order valence-corrected chi connectivity index (χ0v) is 15.3. The number of aromatic nitrogens is 4. The molecule has 1 fully saturated rings. The quantitative estimate of drug-likeness (QED) is 0.709. The van der Waals surface area contributed by atoms with E-state index in [1.165, 1.54) is 5.56 Å². The van der Waals surface area contributed by atoms with Crippen LogP contribution in [0.15, 0.2) is 48.7 Å². The first-order valence-corrected chi connectivity index (χ1v) is 9.12. The minimum atomic E-state index is -0.126. The van der Waals surface area contributed by atoms with E-state index in [4.69, 9.17) is 0 Å². The van der Waals surface area contributed by atoms with Crippen LogP contribution in [0.2, 0.25) is 0 Å². The number of piperazine rings is 1. The van der Waals surface area contributed by atoms with Gasteiger partial charge in [0.05, 0.1) is 0 Å². The molecule has 1 aliphatic heterocycles. The molecule has 0 N–H and O–H groups in total. The number of hydrogen-bond donors (Lipinski definition) is 0. The van der Waals surface area contributed by atoms with Crippen molar-refractivity contribution in [2.75, 3.05) is 32.7 Å². The van der Waals surface area contributed by atoms with Gasteiger partial charge in [-0.25, -0.2) is 9.50 Å². The van der Waals surface area contributed by atoms with Gasteiger partial charge in [-0.05, 0) is 18.6 Å². The van der Waals surface area contributed by atoms with E-state index in [-0.39, 0.29) is 11.7 Å². The summed E-state index contributed by atoms with van der Waals surface area (Å²) in [5.41, 5.74) is 2.11. The van der Waals surface area contributed by atoms with Crippen LogP contribution in [-0.4, -0.2) is 68.0 Å². The van der Waals surface area contributed by atoms with Gasteiger partial charge in [-0.2, -0.15) is 4.98 Å². The highest BCUT2D eigenvalue weighted by Crippen LogP contribution is 2.09. The molecule has 2 aromatic heterocycles. The molecule has 0 atom stereocenters. The Bertz CT molecular complexity index is 957. The summed E-state index contributed by atoms with van der Waals surface area (Å²) >= 11 is 0. The molecule has 1 aliphatic rings. The van der Waals surface area contributed by atoms with Crippen molar-refractivity contribution in [3.05, 3.63) is 65.8 Å². The van der Waals surface area contributed by atoms with E-state index in [0.717, 1.165) is 25.3 Å². The molecule has 0 spiro atoms. The summed E-state index contributed by atoms with van der Waals surface area (Å²) in [4.78, 5) is 25.3. The van der Waals surface area contributed by atoms with E-state index < -0.39 is 0 Å². The first-order valence-electron chi connectivity index (χ1n) is 9.12. The van der Waals surface area contributed by atoms with Crippen LogP contribution in [-0.2, 0) is 0 Å². The number of carbonyl (C=O) groups excluding carboxylic acids is 1. The van der Waals surface area contributed by atoms with E-state index in [9.17, 15) is 4.79 Å². The molecule has 0 aliphatic carbocycles. The number of nitrogens with zero attached hydrogens (tertiary/aromatic N) is 6. The van der Waals surface area contributed by atoms with Crippen molar-refractivity contribution >= 4 is 17.8 Å². The lowest BCUT2D eigenvalue weighted by Gasteiger charge is -2.33. The van der Waals surface area contributed by atoms with E-state index >= 15 is 0 Å². The summed E-state index contributed by atoms with van der Waals surface area (Å²) in [6.07, 6.45) is 5.98. The van der Waals surface area contributed by atoms with Crippen molar-refractivity contribution in [3.63, 3.8) is 0 Å². The van der Waals surface area contributed by atoms with Gasteiger partial charge in [-0.1, -0.05) is 42.5 Å². The Morgan fingerprint density at radius 3 is 2.63 bits per heavy atom. The monoisotopic (exact) mass is 362 g/mol. The third-order valence-corrected chi connectivity index (χ3v) is 4.75. The van der Waals surface area contributed by atoms with Crippen molar-refractivity contribution in [3.8, 4) is 0 Å². The van der Waals surface area contributed by atoms with Crippen LogP contribution in [0.5, 0.6) is 0 Å². The molecule has 27 heavy (non-hydrogen) atoms. The number of hydrogen-bond acceptors (Lipinski definition) is 5. The van der Waals surface area contributed by atoms with Gasteiger partial charge in [0.1, 0.15) is 0 Å². The van der Waals surface area contributed by atoms with Gasteiger partial charge in [0.15, 0.2) is 0 Å². The molecule has 1 amide bonds. The van der Waals surface area contributed by atoms with E-state index in [1.807, 2.05) is 36.1 Å². The Morgan fingerprint density at radius 2 is 1.89 bits per heavy atom. The molecule has 0 bridgehead atoms. The predicted octanol–water partition coefficient (Wildman–Crippen LogP) is 1.90. The van der Waals surface area contributed by atoms with Crippen LogP contribution >= 0.6 is 0 Å². The van der Waals surface area contributed by atoms with Crippen LogP contribution < -0.4 is 0 Å². The van der Waals surface area contributed by atoms with E-state index in [2.05, 4.69) is 44.3 Å². The van der Waals surface area contributed by atoms with Gasteiger partial charge >= 0.3 is 0 Å². The third-order valence-electron chi connectivity index (χ3n) is 4.75. The van der Waals surface area contributed by atoms with Crippen molar-refractivity contribution in [1.82, 2.24) is 29.4 Å². The normalized spacial score (nSPS) is 15.7. The SMILES string of the molecule is Cc1ccnc2nc(C(=O)N3CCN(C/C=C/c4ccccc4)CC3)nn12.